The zero-order chi connectivity index (χ0) is 36.2. The van der Waals surface area contributed by atoms with Crippen LogP contribution in [0.2, 0.25) is 0 Å². The van der Waals surface area contributed by atoms with E-state index in [1.54, 1.807) is 18.3 Å². The summed E-state index contributed by atoms with van der Waals surface area (Å²) in [5.74, 6) is -0.674. The van der Waals surface area contributed by atoms with Crippen molar-refractivity contribution in [2.75, 3.05) is 12.3 Å². The van der Waals surface area contributed by atoms with Crippen molar-refractivity contribution in [2.24, 2.45) is 5.92 Å². The highest BCUT2D eigenvalue weighted by Gasteiger charge is 2.38. The van der Waals surface area contributed by atoms with Crippen molar-refractivity contribution >= 4 is 29.5 Å². The van der Waals surface area contributed by atoms with Crippen molar-refractivity contribution in [3.05, 3.63) is 119 Å². The number of amides is 2. The van der Waals surface area contributed by atoms with Gasteiger partial charge in [0.1, 0.15) is 5.03 Å². The van der Waals surface area contributed by atoms with Crippen LogP contribution in [0.5, 0.6) is 0 Å². The molecule has 0 radical (unpaired) electrons. The fourth-order valence-electron chi connectivity index (χ4n) is 6.05. The number of carboxylic acid groups (broad SMARTS) is 1. The number of aromatic carboxylic acids is 1. The Hall–Kier alpha value is -4.55. The number of ether oxygens (including phenoxy) is 2. The number of hydrogen-bond donors (Lipinski definition) is 4. The minimum absolute atomic E-state index is 0.00370. The van der Waals surface area contributed by atoms with Gasteiger partial charge in [0.05, 0.1) is 24.4 Å². The van der Waals surface area contributed by atoms with Crippen molar-refractivity contribution in [3.63, 3.8) is 0 Å². The van der Waals surface area contributed by atoms with Gasteiger partial charge in [0.2, 0.25) is 11.8 Å². The average Bonchev–Trinajstić information content (AvgIpc) is 3.15. The number of aromatic nitrogens is 1. The molecule has 4 atom stereocenters. The molecule has 0 aliphatic carbocycles. The summed E-state index contributed by atoms with van der Waals surface area (Å²) < 4.78 is 13.2. The van der Waals surface area contributed by atoms with E-state index in [1.807, 2.05) is 72.8 Å². The van der Waals surface area contributed by atoms with Gasteiger partial charge in [0.15, 0.2) is 6.29 Å². The third-order valence-electron chi connectivity index (χ3n) is 8.95. The molecule has 0 bridgehead atoms. The Balaban J connectivity index is 1.28. The number of carbonyl (C=O) groups is 3. The van der Waals surface area contributed by atoms with Gasteiger partial charge in [-0.1, -0.05) is 86.1 Å². The summed E-state index contributed by atoms with van der Waals surface area (Å²) in [7, 11) is 0. The lowest BCUT2D eigenvalue weighted by Gasteiger charge is -2.41. The molecule has 1 saturated heterocycles. The van der Waals surface area contributed by atoms with E-state index in [-0.39, 0.29) is 42.1 Å². The second-order valence-electron chi connectivity index (χ2n) is 12.6. The molecule has 0 saturated carbocycles. The van der Waals surface area contributed by atoms with Gasteiger partial charge < -0.3 is 30.3 Å². The van der Waals surface area contributed by atoms with Gasteiger partial charge in [-0.25, -0.2) is 9.78 Å². The van der Waals surface area contributed by atoms with Crippen LogP contribution in [-0.2, 0) is 32.2 Å². The molecule has 2 heterocycles. The summed E-state index contributed by atoms with van der Waals surface area (Å²) in [5.41, 5.74) is 5.77. The molecule has 10 nitrogen and oxygen atoms in total. The summed E-state index contributed by atoms with van der Waals surface area (Å²) in [6.07, 6.45) is 3.22. The molecule has 3 aromatic carbocycles. The largest absolute Gasteiger partial charge is 0.478 e. The third kappa shape index (κ3) is 10.5. The van der Waals surface area contributed by atoms with Crippen molar-refractivity contribution in [1.82, 2.24) is 15.6 Å². The fourth-order valence-corrected chi connectivity index (χ4v) is 7.20. The molecule has 2 amide bonds. The molecule has 0 spiro atoms. The summed E-state index contributed by atoms with van der Waals surface area (Å²) in [4.78, 5) is 39.7. The average molecular weight is 712 g/mol. The van der Waals surface area contributed by atoms with Gasteiger partial charge in [0.25, 0.3) is 0 Å². The summed E-state index contributed by atoms with van der Waals surface area (Å²) in [6, 6.07) is 26.9. The van der Waals surface area contributed by atoms with Crippen LogP contribution in [0.1, 0.15) is 84.5 Å². The van der Waals surface area contributed by atoms with Gasteiger partial charge in [-0.15, -0.1) is 11.8 Å². The normalized spacial score (nSPS) is 18.6. The molecular weight excluding hydrogens is 667 g/mol. The summed E-state index contributed by atoms with van der Waals surface area (Å²) in [6.45, 7) is 4.55. The van der Waals surface area contributed by atoms with Crippen LogP contribution in [0.4, 0.5) is 0 Å². The Bertz CT molecular complexity index is 1770. The summed E-state index contributed by atoms with van der Waals surface area (Å²) in [5, 5.41) is 25.5. The van der Waals surface area contributed by atoms with E-state index in [0.717, 1.165) is 52.6 Å². The Morgan fingerprint density at radius 3 is 2.33 bits per heavy atom. The van der Waals surface area contributed by atoms with Crippen LogP contribution >= 0.6 is 11.8 Å². The number of carbonyl (C=O) groups excluding carboxylic acids is 2. The zero-order valence-electron chi connectivity index (χ0n) is 28.9. The van der Waals surface area contributed by atoms with Gasteiger partial charge >= 0.3 is 5.97 Å². The molecule has 4 aromatic rings. The van der Waals surface area contributed by atoms with E-state index in [0.29, 0.717) is 30.3 Å². The number of nitrogens with zero attached hydrogens (tertiary/aromatic N) is 1. The number of thioether (sulfide) groups is 1. The maximum Gasteiger partial charge on any atom is 0.338 e. The highest BCUT2D eigenvalue weighted by atomic mass is 32.2. The number of hydrogen-bond acceptors (Lipinski definition) is 8. The fraction of sp³-hybridized carbons (Fsp3) is 0.350. The highest BCUT2D eigenvalue weighted by molar-refractivity contribution is 7.99. The number of nitrogens with one attached hydrogen (secondary N) is 2. The topological polar surface area (TPSA) is 147 Å². The SMILES string of the molecule is CC(=O)NCCCCCC(=O)NCc1ccccc1-c1ccc([C@@H]2O[C@H](CSc3ncccc3C(=O)O)[C@H](C)[C@H](c3ccc(CO)cc3)O2)cc1. The van der Waals surface area contributed by atoms with E-state index >= 15 is 0 Å². The Morgan fingerprint density at radius 1 is 0.863 bits per heavy atom. The maximum atomic E-state index is 12.6. The molecule has 1 aromatic heterocycles. The van der Waals surface area contributed by atoms with Gasteiger partial charge in [0, 0.05) is 49.9 Å². The van der Waals surface area contributed by atoms with Crippen molar-refractivity contribution < 1.29 is 34.1 Å². The molecule has 1 aliphatic heterocycles. The molecule has 51 heavy (non-hydrogen) atoms. The number of aliphatic hydroxyl groups excluding tert-OH is 1. The number of aliphatic hydroxyl groups is 1. The lowest BCUT2D eigenvalue weighted by Crippen LogP contribution is -2.38. The minimum atomic E-state index is -1.03. The first-order valence-electron chi connectivity index (χ1n) is 17.2. The van der Waals surface area contributed by atoms with Crippen molar-refractivity contribution in [3.8, 4) is 11.1 Å². The van der Waals surface area contributed by atoms with Gasteiger partial charge in [-0.3, -0.25) is 9.59 Å². The smallest absolute Gasteiger partial charge is 0.338 e. The van der Waals surface area contributed by atoms with E-state index in [9.17, 15) is 24.6 Å². The molecule has 1 fully saturated rings. The number of unbranched alkanes of at least 4 members (excludes halogenated alkanes) is 2. The molecule has 1 aliphatic rings. The second-order valence-corrected chi connectivity index (χ2v) is 13.7. The second kappa shape index (κ2) is 18.6. The van der Waals surface area contributed by atoms with Crippen LogP contribution < -0.4 is 10.6 Å². The molecule has 5 rings (SSSR count). The monoisotopic (exact) mass is 711 g/mol. The van der Waals surface area contributed by atoms with Crippen LogP contribution in [0.3, 0.4) is 0 Å². The van der Waals surface area contributed by atoms with E-state index < -0.39 is 12.3 Å². The Labute approximate surface area is 303 Å². The first-order chi connectivity index (χ1) is 24.7. The molecule has 0 unspecified atom stereocenters. The van der Waals surface area contributed by atoms with E-state index in [4.69, 9.17) is 9.47 Å². The first-order valence-corrected chi connectivity index (χ1v) is 18.2. The molecule has 4 N–H and O–H groups in total. The number of rotatable bonds is 16. The Kier molecular flexibility index (Phi) is 13.8. The lowest BCUT2D eigenvalue weighted by molar-refractivity contribution is -0.268. The van der Waals surface area contributed by atoms with Crippen LogP contribution in [-0.4, -0.2) is 51.4 Å². The number of carboxylic acids is 1. The van der Waals surface area contributed by atoms with E-state index in [1.165, 1.54) is 18.7 Å². The Morgan fingerprint density at radius 2 is 1.61 bits per heavy atom. The highest BCUT2D eigenvalue weighted by Crippen LogP contribution is 2.43. The summed E-state index contributed by atoms with van der Waals surface area (Å²) >= 11 is 1.35. The standard InChI is InChI=1S/C40H45N3O7S/c1-26-35(25-51-38-34(39(47)48)11-8-22-42-38)49-40(50-37(26)30-15-13-28(24-44)14-16-30)31-19-17-29(18-20-31)33-10-6-5-9-32(33)23-43-36(46)12-4-3-7-21-41-27(2)45/h5-6,8-11,13-20,22,26,35,37,40,44H,3-4,7,12,21,23-25H2,1-2H3,(H,41,45)(H,43,46)(H,47,48)/t26-,35+,37+,40+/m0/s1. The van der Waals surface area contributed by atoms with Crippen molar-refractivity contribution in [1.29, 1.82) is 0 Å². The lowest BCUT2D eigenvalue weighted by atomic mass is 9.91. The third-order valence-corrected chi connectivity index (χ3v) is 10.0. The predicted octanol–water partition coefficient (Wildman–Crippen LogP) is 6.84. The molecular formula is C40H45N3O7S. The zero-order valence-corrected chi connectivity index (χ0v) is 29.7. The number of benzene rings is 3. The number of pyridine rings is 1. The van der Waals surface area contributed by atoms with E-state index in [2.05, 4.69) is 22.5 Å². The van der Waals surface area contributed by atoms with Crippen LogP contribution in [0.25, 0.3) is 11.1 Å². The van der Waals surface area contributed by atoms with Crippen LogP contribution in [0.15, 0.2) is 96.2 Å². The minimum Gasteiger partial charge on any atom is -0.478 e. The van der Waals surface area contributed by atoms with Gasteiger partial charge in [-0.2, -0.15) is 0 Å². The van der Waals surface area contributed by atoms with Gasteiger partial charge in [-0.05, 0) is 52.8 Å². The first kappa shape index (κ1) is 37.7. The van der Waals surface area contributed by atoms with Crippen LogP contribution in [0, 0.1) is 5.92 Å². The maximum absolute atomic E-state index is 12.6. The quantitative estimate of drug-likeness (QED) is 0.0725. The predicted molar refractivity (Wildman–Crippen MR) is 196 cm³/mol. The molecule has 11 heteroatoms. The van der Waals surface area contributed by atoms with Crippen molar-refractivity contribution in [2.45, 2.75) is 76.2 Å². The molecule has 268 valence electrons.